The van der Waals surface area contributed by atoms with Gasteiger partial charge in [-0.2, -0.15) is 0 Å². The Kier molecular flexibility index (Phi) is 4.48. The summed E-state index contributed by atoms with van der Waals surface area (Å²) < 4.78 is 26.3. The fourth-order valence-electron chi connectivity index (χ4n) is 1.96. The van der Waals surface area contributed by atoms with Gasteiger partial charge in [0, 0.05) is 12.6 Å². The third-order valence-electron chi connectivity index (χ3n) is 3.24. The molecule has 0 atom stereocenters. The van der Waals surface area contributed by atoms with Gasteiger partial charge in [-0.3, -0.25) is 14.3 Å². The van der Waals surface area contributed by atoms with E-state index in [0.717, 1.165) is 9.87 Å². The van der Waals surface area contributed by atoms with Crippen molar-refractivity contribution in [2.24, 2.45) is 0 Å². The lowest BCUT2D eigenvalue weighted by Gasteiger charge is -2.20. The van der Waals surface area contributed by atoms with Crippen LogP contribution in [0.1, 0.15) is 15.9 Å². The van der Waals surface area contributed by atoms with Gasteiger partial charge in [0.15, 0.2) is 0 Å². The Hall–Kier alpha value is -2.38. The molecule has 0 saturated carbocycles. The first-order valence-electron chi connectivity index (χ1n) is 6.46. The number of carbonyl (C=O) groups excluding carboxylic acids is 1. The number of hydrogen-bond acceptors (Lipinski definition) is 4. The van der Waals surface area contributed by atoms with Crippen molar-refractivity contribution in [3.05, 3.63) is 59.7 Å². The number of rotatable bonds is 4. The van der Waals surface area contributed by atoms with Gasteiger partial charge in [0.2, 0.25) is 0 Å². The first kappa shape index (κ1) is 16.0. The maximum Gasteiger partial charge on any atom is 0.274 e. The van der Waals surface area contributed by atoms with Crippen LogP contribution in [0.25, 0.3) is 0 Å². The van der Waals surface area contributed by atoms with E-state index >= 15 is 0 Å². The zero-order chi connectivity index (χ0) is 16.3. The van der Waals surface area contributed by atoms with Gasteiger partial charge in [0.1, 0.15) is 0 Å². The van der Waals surface area contributed by atoms with E-state index in [1.807, 2.05) is 13.0 Å². The molecule has 0 radical (unpaired) electrons. The van der Waals surface area contributed by atoms with Crippen LogP contribution in [0.4, 0.5) is 5.69 Å². The molecule has 0 aromatic heterocycles. The van der Waals surface area contributed by atoms with Crippen LogP contribution in [-0.4, -0.2) is 26.6 Å². The molecule has 2 aromatic carbocycles. The smallest absolute Gasteiger partial charge is 0.274 e. The van der Waals surface area contributed by atoms with Crippen LogP contribution in [0.3, 0.4) is 0 Å². The first-order chi connectivity index (χ1) is 10.4. The van der Waals surface area contributed by atoms with E-state index < -0.39 is 15.9 Å². The molecule has 2 rings (SSSR count). The van der Waals surface area contributed by atoms with Gasteiger partial charge >= 0.3 is 0 Å². The minimum atomic E-state index is -3.67. The van der Waals surface area contributed by atoms with Crippen molar-refractivity contribution in [2.45, 2.75) is 11.8 Å². The number of carbonyl (C=O) groups is 1. The Morgan fingerprint density at radius 3 is 2.32 bits per heavy atom. The van der Waals surface area contributed by atoms with Gasteiger partial charge < -0.3 is 0 Å². The van der Waals surface area contributed by atoms with E-state index in [-0.39, 0.29) is 10.5 Å². The van der Waals surface area contributed by atoms with Gasteiger partial charge in [-0.05, 0) is 48.9 Å². The van der Waals surface area contributed by atoms with Crippen molar-refractivity contribution < 1.29 is 18.4 Å². The SMILES string of the molecule is Cc1cccc(S(=O)(=O)N(C)c2ccc(C(=O)NO)cc2)c1. The van der Waals surface area contributed by atoms with Gasteiger partial charge in [-0.15, -0.1) is 0 Å². The molecule has 2 N–H and O–H groups in total. The molecule has 2 aromatic rings. The van der Waals surface area contributed by atoms with E-state index in [1.165, 1.54) is 42.9 Å². The Balaban J connectivity index is 2.34. The molecule has 22 heavy (non-hydrogen) atoms. The lowest BCUT2D eigenvalue weighted by molar-refractivity contribution is 0.0706. The van der Waals surface area contributed by atoms with Crippen molar-refractivity contribution in [2.75, 3.05) is 11.4 Å². The van der Waals surface area contributed by atoms with E-state index in [2.05, 4.69) is 0 Å². The number of aryl methyl sites for hydroxylation is 1. The Bertz CT molecular complexity index is 785. The highest BCUT2D eigenvalue weighted by Gasteiger charge is 2.21. The molecule has 7 heteroatoms. The maximum atomic E-state index is 12.6. The molecule has 0 spiro atoms. The average Bonchev–Trinajstić information content (AvgIpc) is 2.53. The summed E-state index contributed by atoms with van der Waals surface area (Å²) in [6, 6.07) is 12.5. The lowest BCUT2D eigenvalue weighted by Crippen LogP contribution is -2.26. The van der Waals surface area contributed by atoms with Crippen LogP contribution in [0.5, 0.6) is 0 Å². The van der Waals surface area contributed by atoms with Crippen LogP contribution in [0.15, 0.2) is 53.4 Å². The van der Waals surface area contributed by atoms with Crippen molar-refractivity contribution in [3.63, 3.8) is 0 Å². The minimum Gasteiger partial charge on any atom is -0.288 e. The average molecular weight is 320 g/mol. The van der Waals surface area contributed by atoms with E-state index in [9.17, 15) is 13.2 Å². The summed E-state index contributed by atoms with van der Waals surface area (Å²) in [5.74, 6) is -0.657. The summed E-state index contributed by atoms with van der Waals surface area (Å²) in [6.45, 7) is 1.82. The van der Waals surface area contributed by atoms with E-state index in [0.29, 0.717) is 5.69 Å². The summed E-state index contributed by atoms with van der Waals surface area (Å²) in [7, 11) is -2.23. The highest BCUT2D eigenvalue weighted by Crippen LogP contribution is 2.22. The molecule has 0 aliphatic rings. The van der Waals surface area contributed by atoms with Crippen molar-refractivity contribution in [3.8, 4) is 0 Å². The van der Waals surface area contributed by atoms with Crippen LogP contribution in [0, 0.1) is 6.92 Å². The number of anilines is 1. The summed E-state index contributed by atoms with van der Waals surface area (Å²) in [5, 5.41) is 8.56. The molecule has 6 nitrogen and oxygen atoms in total. The fourth-order valence-corrected chi connectivity index (χ4v) is 3.26. The molecule has 116 valence electrons. The molecule has 0 heterocycles. The Labute approximate surface area is 129 Å². The van der Waals surface area contributed by atoms with Gasteiger partial charge in [-0.1, -0.05) is 12.1 Å². The van der Waals surface area contributed by atoms with Crippen LogP contribution < -0.4 is 9.79 Å². The molecular weight excluding hydrogens is 304 g/mol. The predicted molar refractivity (Wildman–Crippen MR) is 82.5 cm³/mol. The largest absolute Gasteiger partial charge is 0.288 e. The topological polar surface area (TPSA) is 86.7 Å². The number of hydrogen-bond donors (Lipinski definition) is 2. The molecule has 0 fully saturated rings. The second-order valence-corrected chi connectivity index (χ2v) is 6.75. The molecule has 0 unspecified atom stereocenters. The molecule has 0 aliphatic carbocycles. The number of benzene rings is 2. The summed E-state index contributed by atoms with van der Waals surface area (Å²) in [6.07, 6.45) is 0. The summed E-state index contributed by atoms with van der Waals surface area (Å²) in [5.41, 5.74) is 3.02. The standard InChI is InChI=1S/C15H16N2O4S/c1-11-4-3-5-14(10-11)22(20,21)17(2)13-8-6-12(7-9-13)15(18)16-19/h3-10,19H,1-2H3,(H,16,18). The van der Waals surface area contributed by atoms with E-state index in [4.69, 9.17) is 5.21 Å². The second kappa shape index (κ2) is 6.17. The monoisotopic (exact) mass is 320 g/mol. The third-order valence-corrected chi connectivity index (χ3v) is 5.02. The van der Waals surface area contributed by atoms with Crippen molar-refractivity contribution in [1.82, 2.24) is 5.48 Å². The first-order valence-corrected chi connectivity index (χ1v) is 7.90. The second-order valence-electron chi connectivity index (χ2n) is 4.78. The highest BCUT2D eigenvalue weighted by molar-refractivity contribution is 7.92. The molecular formula is C15H16N2O4S. The van der Waals surface area contributed by atoms with Crippen LogP contribution in [0.2, 0.25) is 0 Å². The van der Waals surface area contributed by atoms with Gasteiger partial charge in [0.05, 0.1) is 10.6 Å². The number of hydroxylamine groups is 1. The predicted octanol–water partition coefficient (Wildman–Crippen LogP) is 1.94. The molecule has 0 bridgehead atoms. The van der Waals surface area contributed by atoms with Gasteiger partial charge in [0.25, 0.3) is 15.9 Å². The van der Waals surface area contributed by atoms with Crippen LogP contribution in [-0.2, 0) is 10.0 Å². The molecule has 0 aliphatic heterocycles. The maximum absolute atomic E-state index is 12.6. The Morgan fingerprint density at radius 1 is 1.14 bits per heavy atom. The minimum absolute atomic E-state index is 0.201. The zero-order valence-electron chi connectivity index (χ0n) is 12.1. The number of nitrogens with zero attached hydrogens (tertiary/aromatic N) is 1. The highest BCUT2D eigenvalue weighted by atomic mass is 32.2. The normalized spacial score (nSPS) is 11.0. The Morgan fingerprint density at radius 2 is 1.77 bits per heavy atom. The molecule has 0 saturated heterocycles. The summed E-state index contributed by atoms with van der Waals surface area (Å²) in [4.78, 5) is 11.5. The quantitative estimate of drug-likeness (QED) is 0.666. The number of sulfonamides is 1. The van der Waals surface area contributed by atoms with Crippen molar-refractivity contribution in [1.29, 1.82) is 0 Å². The van der Waals surface area contributed by atoms with Crippen LogP contribution >= 0.6 is 0 Å². The van der Waals surface area contributed by atoms with E-state index in [1.54, 1.807) is 12.1 Å². The fraction of sp³-hybridized carbons (Fsp3) is 0.133. The zero-order valence-corrected chi connectivity index (χ0v) is 13.0. The van der Waals surface area contributed by atoms with Gasteiger partial charge in [-0.25, -0.2) is 13.9 Å². The number of nitrogens with one attached hydrogen (secondary N) is 1. The third kappa shape index (κ3) is 3.10. The summed E-state index contributed by atoms with van der Waals surface area (Å²) >= 11 is 0. The number of amides is 1. The van der Waals surface area contributed by atoms with Crippen molar-refractivity contribution >= 4 is 21.6 Å². The molecule has 1 amide bonds. The lowest BCUT2D eigenvalue weighted by atomic mass is 10.2.